The number of carbonyl (C=O) groups excluding carboxylic acids is 3. The van der Waals surface area contributed by atoms with Crippen molar-refractivity contribution in [2.75, 3.05) is 16.0 Å². The van der Waals surface area contributed by atoms with Gasteiger partial charge in [-0.2, -0.15) is 5.10 Å². The number of nitrogens with one attached hydrogen (secondary N) is 3. The van der Waals surface area contributed by atoms with Crippen molar-refractivity contribution in [2.24, 2.45) is 0 Å². The third kappa shape index (κ3) is 3.86. The monoisotopic (exact) mass is 389 g/mol. The lowest BCUT2D eigenvalue weighted by Crippen LogP contribution is -2.35. The van der Waals surface area contributed by atoms with Crippen LogP contribution >= 0.6 is 0 Å². The lowest BCUT2D eigenvalue weighted by Gasteiger charge is -2.24. The number of hydrogen-bond acceptors (Lipinski definition) is 4. The molecule has 4 rings (SSSR count). The standard InChI is InChI=1S/C21H19N5O3/c1-13(27)23-15-8-5-9-16(10-15)24-21(29)18-11-19(28)25-20-17(12-22-26(18)20)14-6-3-2-4-7-14/h2-10,12,18H,11H2,1H3,(H,23,27)(H,24,29)(H,25,28)/t18-/m1/s1. The zero-order valence-electron chi connectivity index (χ0n) is 15.7. The molecule has 29 heavy (non-hydrogen) atoms. The lowest BCUT2D eigenvalue weighted by atomic mass is 10.1. The summed E-state index contributed by atoms with van der Waals surface area (Å²) >= 11 is 0. The Morgan fingerprint density at radius 3 is 2.52 bits per heavy atom. The molecule has 3 amide bonds. The van der Waals surface area contributed by atoms with E-state index >= 15 is 0 Å². The summed E-state index contributed by atoms with van der Waals surface area (Å²) < 4.78 is 1.54. The van der Waals surface area contributed by atoms with Crippen molar-refractivity contribution in [2.45, 2.75) is 19.4 Å². The molecule has 0 spiro atoms. The molecular formula is C21H19N5O3. The maximum absolute atomic E-state index is 12.9. The fourth-order valence-corrected chi connectivity index (χ4v) is 3.30. The molecular weight excluding hydrogens is 370 g/mol. The fourth-order valence-electron chi connectivity index (χ4n) is 3.30. The molecule has 0 saturated heterocycles. The first-order valence-electron chi connectivity index (χ1n) is 9.12. The Balaban J connectivity index is 1.60. The van der Waals surface area contributed by atoms with Crippen LogP contribution in [0.3, 0.4) is 0 Å². The van der Waals surface area contributed by atoms with Crippen molar-refractivity contribution in [3.8, 4) is 11.1 Å². The quantitative estimate of drug-likeness (QED) is 0.638. The maximum atomic E-state index is 12.9. The lowest BCUT2D eigenvalue weighted by molar-refractivity contribution is -0.125. The van der Waals surface area contributed by atoms with Crippen LogP contribution in [0.5, 0.6) is 0 Å². The van der Waals surface area contributed by atoms with Gasteiger partial charge in [0, 0.05) is 23.9 Å². The van der Waals surface area contributed by atoms with Crippen LogP contribution in [0.25, 0.3) is 11.1 Å². The van der Waals surface area contributed by atoms with Crippen LogP contribution in [-0.4, -0.2) is 27.5 Å². The van der Waals surface area contributed by atoms with Crippen LogP contribution in [0.15, 0.2) is 60.8 Å². The third-order valence-corrected chi connectivity index (χ3v) is 4.57. The number of nitrogens with zero attached hydrogens (tertiary/aromatic N) is 2. The number of fused-ring (bicyclic) bond motifs is 1. The molecule has 1 aromatic heterocycles. The zero-order valence-corrected chi connectivity index (χ0v) is 15.7. The van der Waals surface area contributed by atoms with E-state index in [-0.39, 0.29) is 24.1 Å². The van der Waals surface area contributed by atoms with Crippen LogP contribution < -0.4 is 16.0 Å². The van der Waals surface area contributed by atoms with E-state index in [0.29, 0.717) is 17.2 Å². The first-order valence-corrected chi connectivity index (χ1v) is 9.12. The molecule has 0 bridgehead atoms. The predicted molar refractivity (Wildman–Crippen MR) is 109 cm³/mol. The highest BCUT2D eigenvalue weighted by Gasteiger charge is 2.33. The molecule has 0 fully saturated rings. The van der Waals surface area contributed by atoms with Crippen LogP contribution in [0.4, 0.5) is 17.2 Å². The minimum atomic E-state index is -0.777. The summed E-state index contributed by atoms with van der Waals surface area (Å²) in [4.78, 5) is 36.4. The number of anilines is 3. The Morgan fingerprint density at radius 2 is 1.79 bits per heavy atom. The number of amides is 3. The highest BCUT2D eigenvalue weighted by Crippen LogP contribution is 2.34. The molecule has 0 radical (unpaired) electrons. The van der Waals surface area contributed by atoms with Gasteiger partial charge in [0.25, 0.3) is 0 Å². The van der Waals surface area contributed by atoms with Crippen molar-refractivity contribution in [1.82, 2.24) is 9.78 Å². The molecule has 1 aliphatic rings. The van der Waals surface area contributed by atoms with Crippen molar-refractivity contribution < 1.29 is 14.4 Å². The smallest absolute Gasteiger partial charge is 0.249 e. The number of rotatable bonds is 4. The van der Waals surface area contributed by atoms with Crippen molar-refractivity contribution in [1.29, 1.82) is 0 Å². The van der Waals surface area contributed by atoms with Gasteiger partial charge < -0.3 is 16.0 Å². The number of aromatic nitrogens is 2. The Hall–Kier alpha value is -3.94. The SMILES string of the molecule is CC(=O)Nc1cccc(NC(=O)[C@H]2CC(=O)Nc3c(-c4ccccc4)cnn32)c1. The highest BCUT2D eigenvalue weighted by atomic mass is 16.2. The van der Waals surface area contributed by atoms with Gasteiger partial charge >= 0.3 is 0 Å². The maximum Gasteiger partial charge on any atom is 0.249 e. The van der Waals surface area contributed by atoms with E-state index in [1.165, 1.54) is 11.6 Å². The average Bonchev–Trinajstić information content (AvgIpc) is 3.11. The molecule has 0 unspecified atom stereocenters. The molecule has 3 aromatic rings. The van der Waals surface area contributed by atoms with Crippen molar-refractivity contribution >= 4 is 34.9 Å². The average molecular weight is 389 g/mol. The normalized spacial score (nSPS) is 15.2. The first kappa shape index (κ1) is 18.4. The molecule has 1 aliphatic heterocycles. The molecule has 1 atom stereocenters. The first-order chi connectivity index (χ1) is 14.0. The molecule has 2 heterocycles. The minimum Gasteiger partial charge on any atom is -0.326 e. The largest absolute Gasteiger partial charge is 0.326 e. The molecule has 8 nitrogen and oxygen atoms in total. The summed E-state index contributed by atoms with van der Waals surface area (Å²) in [7, 11) is 0. The van der Waals surface area contributed by atoms with Crippen LogP contribution in [0.2, 0.25) is 0 Å². The van der Waals surface area contributed by atoms with Gasteiger partial charge in [-0.1, -0.05) is 36.4 Å². The Kier molecular flexibility index (Phi) is 4.82. The minimum absolute atomic E-state index is 0.0138. The second-order valence-corrected chi connectivity index (χ2v) is 6.74. The molecule has 3 N–H and O–H groups in total. The Morgan fingerprint density at radius 1 is 1.07 bits per heavy atom. The highest BCUT2D eigenvalue weighted by molar-refractivity contribution is 6.03. The summed E-state index contributed by atoms with van der Waals surface area (Å²) in [5.41, 5.74) is 2.74. The van der Waals surface area contributed by atoms with Gasteiger partial charge in [0.05, 0.1) is 12.6 Å². The Bertz CT molecular complexity index is 1090. The fraction of sp³-hybridized carbons (Fsp3) is 0.143. The second-order valence-electron chi connectivity index (χ2n) is 6.74. The third-order valence-electron chi connectivity index (χ3n) is 4.57. The van der Waals surface area contributed by atoms with Gasteiger partial charge in [-0.15, -0.1) is 0 Å². The second kappa shape index (κ2) is 7.59. The summed E-state index contributed by atoms with van der Waals surface area (Å²) in [5, 5.41) is 12.6. The molecule has 2 aromatic carbocycles. The van der Waals surface area contributed by atoms with Crippen molar-refractivity contribution in [3.63, 3.8) is 0 Å². The van der Waals surface area contributed by atoms with Crippen LogP contribution in [0.1, 0.15) is 19.4 Å². The van der Waals surface area contributed by atoms with Crippen molar-refractivity contribution in [3.05, 3.63) is 60.8 Å². The summed E-state index contributed by atoms with van der Waals surface area (Å²) in [6.45, 7) is 1.41. The van der Waals surface area contributed by atoms with Gasteiger partial charge in [0.2, 0.25) is 17.7 Å². The van der Waals surface area contributed by atoms with E-state index in [4.69, 9.17) is 0 Å². The topological polar surface area (TPSA) is 105 Å². The van der Waals surface area contributed by atoms with E-state index in [2.05, 4.69) is 21.0 Å². The summed E-state index contributed by atoms with van der Waals surface area (Å²) in [6, 6.07) is 15.6. The summed E-state index contributed by atoms with van der Waals surface area (Å²) in [6.07, 6.45) is 1.63. The van der Waals surface area contributed by atoms with Gasteiger partial charge in [0.1, 0.15) is 11.9 Å². The molecule has 8 heteroatoms. The van der Waals surface area contributed by atoms with E-state index in [1.807, 2.05) is 30.3 Å². The van der Waals surface area contributed by atoms with E-state index in [9.17, 15) is 14.4 Å². The number of benzene rings is 2. The van der Waals surface area contributed by atoms with Gasteiger partial charge in [-0.3, -0.25) is 14.4 Å². The van der Waals surface area contributed by atoms with E-state index in [0.717, 1.165) is 11.1 Å². The van der Waals surface area contributed by atoms with E-state index < -0.39 is 6.04 Å². The predicted octanol–water partition coefficient (Wildman–Crippen LogP) is 3.03. The van der Waals surface area contributed by atoms with Gasteiger partial charge in [0.15, 0.2) is 0 Å². The summed E-state index contributed by atoms with van der Waals surface area (Å²) in [5.74, 6) is -0.308. The van der Waals surface area contributed by atoms with E-state index in [1.54, 1.807) is 30.5 Å². The van der Waals surface area contributed by atoms with Crippen LogP contribution in [-0.2, 0) is 14.4 Å². The van der Waals surface area contributed by atoms with Gasteiger partial charge in [-0.05, 0) is 23.8 Å². The number of hydrogen-bond donors (Lipinski definition) is 3. The molecule has 146 valence electrons. The van der Waals surface area contributed by atoms with Crippen LogP contribution in [0, 0.1) is 0 Å². The molecule has 0 aliphatic carbocycles. The van der Waals surface area contributed by atoms with Gasteiger partial charge in [-0.25, -0.2) is 4.68 Å². The number of carbonyl (C=O) groups is 3. The zero-order chi connectivity index (χ0) is 20.4. The molecule has 0 saturated carbocycles. The Labute approximate surface area is 166 Å².